The molecule has 0 aliphatic heterocycles. The summed E-state index contributed by atoms with van der Waals surface area (Å²) in [5.41, 5.74) is 0.192. The maximum Gasteiger partial charge on any atom is 0.408 e. The molecule has 6 N–H and O–H groups in total. The van der Waals surface area contributed by atoms with Gasteiger partial charge in [0, 0.05) is 12.5 Å². The number of hydrogen-bond acceptors (Lipinski definition) is 8. The molecule has 0 spiro atoms. The van der Waals surface area contributed by atoms with Crippen molar-refractivity contribution in [3.63, 3.8) is 0 Å². The second kappa shape index (κ2) is 21.8. The van der Waals surface area contributed by atoms with E-state index in [9.17, 15) is 29.1 Å². The minimum absolute atomic E-state index is 0.0387. The Hall–Kier alpha value is -3.32. The molecule has 6 atom stereocenters. The highest BCUT2D eigenvalue weighted by Gasteiger charge is 2.33. The molecule has 1 rings (SSSR count). The number of carbonyl (C=O) groups excluding carboxylic acids is 5. The third kappa shape index (κ3) is 17.1. The van der Waals surface area contributed by atoms with Gasteiger partial charge in [-0.15, -0.1) is 0 Å². The highest BCUT2D eigenvalue weighted by Crippen LogP contribution is 2.18. The summed E-state index contributed by atoms with van der Waals surface area (Å²) in [6.45, 7) is 18.4. The number of hydrogen-bond donors (Lipinski definition) is 6. The van der Waals surface area contributed by atoms with Crippen molar-refractivity contribution in [3.05, 3.63) is 35.9 Å². The van der Waals surface area contributed by atoms with Crippen molar-refractivity contribution >= 4 is 41.5 Å². The minimum Gasteiger partial charge on any atom is -0.444 e. The molecular formula is C37H63N5O7S. The number of benzene rings is 1. The quantitative estimate of drug-likeness (QED) is 0.117. The molecule has 0 saturated carbocycles. The van der Waals surface area contributed by atoms with Crippen molar-refractivity contribution in [3.8, 4) is 0 Å². The summed E-state index contributed by atoms with van der Waals surface area (Å²) < 4.78 is 5.33. The summed E-state index contributed by atoms with van der Waals surface area (Å²) >= 11 is 1.52. The van der Waals surface area contributed by atoms with Crippen LogP contribution in [0.1, 0.15) is 94.1 Å². The van der Waals surface area contributed by atoms with E-state index in [0.29, 0.717) is 25.1 Å². The summed E-state index contributed by atoms with van der Waals surface area (Å²) in [5.74, 6) is -2.13. The van der Waals surface area contributed by atoms with Crippen LogP contribution in [0.3, 0.4) is 0 Å². The van der Waals surface area contributed by atoms with Crippen LogP contribution in [-0.2, 0) is 30.5 Å². The first-order valence-electron chi connectivity index (χ1n) is 17.6. The molecule has 1 aromatic rings. The Bertz CT molecular complexity index is 1220. The predicted molar refractivity (Wildman–Crippen MR) is 199 cm³/mol. The van der Waals surface area contributed by atoms with E-state index >= 15 is 0 Å². The Balaban J connectivity index is 3.00. The molecule has 2 unspecified atom stereocenters. The van der Waals surface area contributed by atoms with Crippen molar-refractivity contribution in [2.24, 2.45) is 23.7 Å². The van der Waals surface area contributed by atoms with E-state index in [4.69, 9.17) is 4.74 Å². The first-order chi connectivity index (χ1) is 23.2. The summed E-state index contributed by atoms with van der Waals surface area (Å²) in [6.07, 6.45) is 0.865. The van der Waals surface area contributed by atoms with Crippen molar-refractivity contribution in [1.82, 2.24) is 26.6 Å². The lowest BCUT2D eigenvalue weighted by molar-refractivity contribution is -0.133. The van der Waals surface area contributed by atoms with Crippen LogP contribution in [0.25, 0.3) is 0 Å². The van der Waals surface area contributed by atoms with Crippen molar-refractivity contribution in [2.45, 2.75) is 131 Å². The fourth-order valence-corrected chi connectivity index (χ4v) is 5.67. The molecule has 0 aliphatic carbocycles. The number of aliphatic hydroxyl groups is 1. The molecule has 0 bridgehead atoms. The molecule has 0 aliphatic rings. The van der Waals surface area contributed by atoms with Gasteiger partial charge in [0.25, 0.3) is 0 Å². The number of aliphatic hydroxyl groups excluding tert-OH is 1. The fraction of sp³-hybridized carbons (Fsp3) is 0.703. The normalized spacial score (nSPS) is 15.3. The van der Waals surface area contributed by atoms with E-state index in [0.717, 1.165) is 5.56 Å². The SMILES string of the molecule is CSCC[C@H](NC(=O)C(NC(=O)OC(C)(C)C)C(C)C)C(=O)N[C@@H](CC(C)C)[C@@H](O)C[C@@H](C)C(=O)NC(C(=O)NCc1ccccc1)C(C)C. The van der Waals surface area contributed by atoms with Crippen LogP contribution in [0.5, 0.6) is 0 Å². The first-order valence-corrected chi connectivity index (χ1v) is 19.0. The molecule has 5 amide bonds. The molecule has 0 radical (unpaired) electrons. The zero-order valence-corrected chi connectivity index (χ0v) is 32.7. The van der Waals surface area contributed by atoms with Gasteiger partial charge in [0.1, 0.15) is 23.7 Å². The number of ether oxygens (including phenoxy) is 1. The van der Waals surface area contributed by atoms with E-state index in [1.807, 2.05) is 64.3 Å². The lowest BCUT2D eigenvalue weighted by Crippen LogP contribution is -2.58. The van der Waals surface area contributed by atoms with Crippen LogP contribution < -0.4 is 26.6 Å². The Kier molecular flexibility index (Phi) is 19.5. The zero-order valence-electron chi connectivity index (χ0n) is 31.9. The average molecular weight is 722 g/mol. The van der Waals surface area contributed by atoms with Gasteiger partial charge in [-0.05, 0) is 75.4 Å². The van der Waals surface area contributed by atoms with E-state index in [1.165, 1.54) is 11.8 Å². The number of alkyl carbamates (subject to hydrolysis) is 1. The second-order valence-electron chi connectivity index (χ2n) is 15.1. The molecule has 0 aromatic heterocycles. The largest absolute Gasteiger partial charge is 0.444 e. The third-order valence-corrected chi connectivity index (χ3v) is 8.63. The van der Waals surface area contributed by atoms with Gasteiger partial charge in [0.05, 0.1) is 12.1 Å². The molecule has 0 heterocycles. The van der Waals surface area contributed by atoms with Crippen LogP contribution in [0.4, 0.5) is 4.79 Å². The zero-order chi connectivity index (χ0) is 38.2. The molecular weight excluding hydrogens is 659 g/mol. The van der Waals surface area contributed by atoms with E-state index in [1.54, 1.807) is 41.5 Å². The minimum atomic E-state index is -1.08. The van der Waals surface area contributed by atoms with Crippen LogP contribution >= 0.6 is 11.8 Å². The van der Waals surface area contributed by atoms with Crippen LogP contribution in [0.15, 0.2) is 30.3 Å². The summed E-state index contributed by atoms with van der Waals surface area (Å²) in [5, 5.41) is 25.4. The fourth-order valence-electron chi connectivity index (χ4n) is 5.20. The van der Waals surface area contributed by atoms with Crippen molar-refractivity contribution < 1.29 is 33.8 Å². The molecule has 12 nitrogen and oxygen atoms in total. The summed E-state index contributed by atoms with van der Waals surface area (Å²) in [7, 11) is 0. The Labute approximate surface area is 303 Å². The third-order valence-electron chi connectivity index (χ3n) is 7.98. The van der Waals surface area contributed by atoms with Gasteiger partial charge in [-0.1, -0.05) is 78.8 Å². The van der Waals surface area contributed by atoms with Crippen molar-refractivity contribution in [1.29, 1.82) is 0 Å². The number of carbonyl (C=O) groups is 5. The monoisotopic (exact) mass is 721 g/mol. The summed E-state index contributed by atoms with van der Waals surface area (Å²) in [4.78, 5) is 65.8. The van der Waals surface area contributed by atoms with Crippen molar-refractivity contribution in [2.75, 3.05) is 12.0 Å². The van der Waals surface area contributed by atoms with Crippen LogP contribution in [0, 0.1) is 23.7 Å². The highest BCUT2D eigenvalue weighted by molar-refractivity contribution is 7.98. The number of thioether (sulfide) groups is 1. The number of amides is 5. The topological polar surface area (TPSA) is 175 Å². The second-order valence-corrected chi connectivity index (χ2v) is 16.1. The highest BCUT2D eigenvalue weighted by atomic mass is 32.2. The smallest absolute Gasteiger partial charge is 0.408 e. The maximum absolute atomic E-state index is 13.7. The van der Waals surface area contributed by atoms with Crippen LogP contribution in [0.2, 0.25) is 0 Å². The van der Waals surface area contributed by atoms with Gasteiger partial charge in [-0.25, -0.2) is 4.79 Å². The van der Waals surface area contributed by atoms with E-state index < -0.39 is 59.7 Å². The lowest BCUT2D eigenvalue weighted by Gasteiger charge is -2.31. The number of rotatable bonds is 20. The van der Waals surface area contributed by atoms with Gasteiger partial charge in [0.15, 0.2) is 0 Å². The first kappa shape index (κ1) is 44.7. The van der Waals surface area contributed by atoms with E-state index in [-0.39, 0.29) is 36.0 Å². The van der Waals surface area contributed by atoms with Gasteiger partial charge in [-0.2, -0.15) is 11.8 Å². The summed E-state index contributed by atoms with van der Waals surface area (Å²) in [6, 6.07) is 6.14. The lowest BCUT2D eigenvalue weighted by atomic mass is 9.91. The van der Waals surface area contributed by atoms with E-state index in [2.05, 4.69) is 26.6 Å². The molecule has 0 saturated heterocycles. The molecule has 50 heavy (non-hydrogen) atoms. The predicted octanol–water partition coefficient (Wildman–Crippen LogP) is 4.15. The molecule has 0 fully saturated rings. The Morgan fingerprint density at radius 1 is 0.760 bits per heavy atom. The molecule has 1 aromatic carbocycles. The maximum atomic E-state index is 13.7. The molecule has 13 heteroatoms. The Morgan fingerprint density at radius 3 is 1.86 bits per heavy atom. The van der Waals surface area contributed by atoms with Gasteiger partial charge >= 0.3 is 6.09 Å². The van der Waals surface area contributed by atoms with Gasteiger partial charge in [-0.3, -0.25) is 19.2 Å². The standard InChI is InChI=1S/C37H63N5O7S/c1-22(2)19-28(29(43)20-25(7)32(44)41-30(23(3)4)34(46)38-21-26-15-13-12-14-16-26)40-33(45)27(17-18-50-11)39-35(47)31(24(5)6)42-36(48)49-37(8,9)10/h12-16,22-25,27-31,43H,17-21H2,1-11H3,(H,38,46)(H,39,47)(H,40,45)(H,41,44)(H,42,48)/t25-,27+,28+,29+,30?,31?/m1/s1. The average Bonchev–Trinajstić information content (AvgIpc) is 3.01. The van der Waals surface area contributed by atoms with Crippen LogP contribution in [-0.4, -0.2) is 82.7 Å². The molecule has 284 valence electrons. The number of nitrogens with one attached hydrogen (secondary N) is 5. The van der Waals surface area contributed by atoms with Gasteiger partial charge < -0.3 is 36.4 Å². The Morgan fingerprint density at radius 2 is 1.34 bits per heavy atom. The van der Waals surface area contributed by atoms with Gasteiger partial charge in [0.2, 0.25) is 23.6 Å².